The SMILES string of the molecule is CC(=O)O.CCCC(C)c1nc(C=CC2=CC=CC/C2=C\OC)cs1. The summed E-state index contributed by atoms with van der Waals surface area (Å²) in [5.41, 5.74) is 3.44. The predicted octanol–water partition coefficient (Wildman–Crippen LogP) is 5.57. The first kappa shape index (κ1) is 20.9. The molecule has 1 heterocycles. The molecule has 25 heavy (non-hydrogen) atoms. The van der Waals surface area contributed by atoms with Crippen LogP contribution in [-0.4, -0.2) is 23.2 Å². The summed E-state index contributed by atoms with van der Waals surface area (Å²) in [7, 11) is 1.69. The van der Waals surface area contributed by atoms with E-state index >= 15 is 0 Å². The molecule has 136 valence electrons. The van der Waals surface area contributed by atoms with Crippen LogP contribution in [-0.2, 0) is 9.53 Å². The molecule has 1 atom stereocenters. The smallest absolute Gasteiger partial charge is 0.300 e. The maximum atomic E-state index is 9.00. The van der Waals surface area contributed by atoms with Crippen LogP contribution in [0.15, 0.2) is 47.1 Å². The average Bonchev–Trinajstić information content (AvgIpc) is 3.03. The van der Waals surface area contributed by atoms with Gasteiger partial charge in [-0.2, -0.15) is 0 Å². The molecule has 0 radical (unpaired) electrons. The van der Waals surface area contributed by atoms with Crippen LogP contribution in [0.1, 0.15) is 56.7 Å². The third-order valence-corrected chi connectivity index (χ3v) is 4.59. The number of aliphatic carboxylic acids is 1. The van der Waals surface area contributed by atoms with Gasteiger partial charge in [-0.1, -0.05) is 44.6 Å². The van der Waals surface area contributed by atoms with Gasteiger partial charge in [0.15, 0.2) is 0 Å². The molecule has 0 aromatic carbocycles. The van der Waals surface area contributed by atoms with Gasteiger partial charge >= 0.3 is 0 Å². The Balaban J connectivity index is 0.000000705. The zero-order valence-corrected chi connectivity index (χ0v) is 16.2. The van der Waals surface area contributed by atoms with Gasteiger partial charge in [0.05, 0.1) is 24.1 Å². The zero-order chi connectivity index (χ0) is 18.7. The number of carboxylic acids is 1. The summed E-state index contributed by atoms with van der Waals surface area (Å²) in [6.07, 6.45) is 15.7. The predicted molar refractivity (Wildman–Crippen MR) is 105 cm³/mol. The van der Waals surface area contributed by atoms with E-state index in [0.29, 0.717) is 5.92 Å². The van der Waals surface area contributed by atoms with Gasteiger partial charge in [-0.25, -0.2) is 4.98 Å². The molecule has 1 aliphatic rings. The van der Waals surface area contributed by atoms with Crippen molar-refractivity contribution < 1.29 is 14.6 Å². The number of ether oxygens (including phenoxy) is 1. The summed E-state index contributed by atoms with van der Waals surface area (Å²) < 4.78 is 5.14. The highest BCUT2D eigenvalue weighted by atomic mass is 32.1. The summed E-state index contributed by atoms with van der Waals surface area (Å²) in [6.45, 7) is 5.56. The average molecular weight is 362 g/mol. The van der Waals surface area contributed by atoms with Crippen LogP contribution in [0.4, 0.5) is 0 Å². The van der Waals surface area contributed by atoms with Gasteiger partial charge in [-0.15, -0.1) is 11.3 Å². The minimum Gasteiger partial charge on any atom is -0.504 e. The van der Waals surface area contributed by atoms with Crippen LogP contribution >= 0.6 is 11.3 Å². The summed E-state index contributed by atoms with van der Waals surface area (Å²) >= 11 is 1.76. The number of carboxylic acid groups (broad SMARTS) is 1. The molecule has 0 spiro atoms. The number of methoxy groups -OCH3 is 1. The Kier molecular flexibility index (Phi) is 9.55. The molecule has 2 rings (SSSR count). The van der Waals surface area contributed by atoms with Gasteiger partial charge < -0.3 is 9.84 Å². The van der Waals surface area contributed by atoms with E-state index in [0.717, 1.165) is 19.0 Å². The van der Waals surface area contributed by atoms with Gasteiger partial charge in [-0.3, -0.25) is 4.79 Å². The lowest BCUT2D eigenvalue weighted by molar-refractivity contribution is -0.134. The van der Waals surface area contributed by atoms with Crippen LogP contribution < -0.4 is 0 Å². The van der Waals surface area contributed by atoms with Gasteiger partial charge in [0.1, 0.15) is 0 Å². The summed E-state index contributed by atoms with van der Waals surface area (Å²) in [5, 5.41) is 10.8. The zero-order valence-electron chi connectivity index (χ0n) is 15.4. The lowest BCUT2D eigenvalue weighted by Gasteiger charge is -2.09. The third-order valence-electron chi connectivity index (χ3n) is 3.50. The molecule has 1 aromatic heterocycles. The highest BCUT2D eigenvalue weighted by Crippen LogP contribution is 2.26. The fraction of sp³-hybridized carbons (Fsp3) is 0.400. The standard InChI is InChI=1S/C18H23NOS.C2H4O2/c1-4-7-14(2)18-19-17(13-21-18)11-10-15-8-5-6-9-16(15)12-20-3;1-2(3)4/h5-6,8,10-14H,4,7,9H2,1-3H3;1H3,(H,3,4)/b11-10?,16-12+;. The Morgan fingerprint density at radius 2 is 2.20 bits per heavy atom. The van der Waals surface area contributed by atoms with Crippen molar-refractivity contribution in [3.05, 3.63) is 57.8 Å². The minimum absolute atomic E-state index is 0.558. The minimum atomic E-state index is -0.833. The molecule has 0 bridgehead atoms. The highest BCUT2D eigenvalue weighted by molar-refractivity contribution is 7.09. The molecule has 0 amide bonds. The number of nitrogens with zero attached hydrogens (tertiary/aromatic N) is 1. The van der Waals surface area contributed by atoms with Gasteiger partial charge in [0.2, 0.25) is 0 Å². The molecule has 4 nitrogen and oxygen atoms in total. The van der Waals surface area contributed by atoms with E-state index in [-0.39, 0.29) is 0 Å². The molecule has 1 aliphatic carbocycles. The van der Waals surface area contributed by atoms with Crippen molar-refractivity contribution in [2.45, 2.75) is 46.0 Å². The van der Waals surface area contributed by atoms with Crippen molar-refractivity contribution in [1.82, 2.24) is 4.98 Å². The van der Waals surface area contributed by atoms with Crippen molar-refractivity contribution >= 4 is 23.4 Å². The fourth-order valence-corrected chi connectivity index (χ4v) is 3.23. The van der Waals surface area contributed by atoms with E-state index in [1.807, 2.05) is 6.26 Å². The monoisotopic (exact) mass is 361 g/mol. The van der Waals surface area contributed by atoms with Crippen molar-refractivity contribution in [2.75, 3.05) is 7.11 Å². The lowest BCUT2D eigenvalue weighted by Crippen LogP contribution is -1.92. The van der Waals surface area contributed by atoms with E-state index in [2.05, 4.69) is 49.6 Å². The van der Waals surface area contributed by atoms with Crippen molar-refractivity contribution in [3.8, 4) is 0 Å². The summed E-state index contributed by atoms with van der Waals surface area (Å²) in [6, 6.07) is 0. The second-order valence-corrected chi connectivity index (χ2v) is 6.68. The van der Waals surface area contributed by atoms with E-state index < -0.39 is 5.97 Å². The van der Waals surface area contributed by atoms with Crippen LogP contribution in [0.2, 0.25) is 0 Å². The first-order valence-corrected chi connectivity index (χ1v) is 9.27. The molecular formula is C20H27NO3S. The second-order valence-electron chi connectivity index (χ2n) is 5.79. The number of aromatic nitrogens is 1. The molecule has 0 aliphatic heterocycles. The molecular weight excluding hydrogens is 334 g/mol. The van der Waals surface area contributed by atoms with E-state index in [9.17, 15) is 0 Å². The van der Waals surface area contributed by atoms with Gasteiger partial charge in [0.25, 0.3) is 5.97 Å². The van der Waals surface area contributed by atoms with Crippen molar-refractivity contribution in [1.29, 1.82) is 0 Å². The Hall–Kier alpha value is -2.14. The largest absolute Gasteiger partial charge is 0.504 e. The molecule has 0 saturated carbocycles. The van der Waals surface area contributed by atoms with Crippen LogP contribution in [0, 0.1) is 0 Å². The van der Waals surface area contributed by atoms with Crippen LogP contribution in [0.3, 0.4) is 0 Å². The maximum Gasteiger partial charge on any atom is 0.300 e. The molecule has 1 N–H and O–H groups in total. The van der Waals surface area contributed by atoms with Crippen molar-refractivity contribution in [2.24, 2.45) is 0 Å². The Labute approximate surface area is 154 Å². The van der Waals surface area contributed by atoms with E-state index in [1.165, 1.54) is 29.0 Å². The number of allylic oxidation sites excluding steroid dienone is 6. The third kappa shape index (κ3) is 7.98. The van der Waals surface area contributed by atoms with Gasteiger partial charge in [0, 0.05) is 18.2 Å². The first-order valence-electron chi connectivity index (χ1n) is 8.40. The van der Waals surface area contributed by atoms with E-state index in [4.69, 9.17) is 19.6 Å². The van der Waals surface area contributed by atoms with Gasteiger partial charge in [-0.05, 0) is 30.1 Å². The summed E-state index contributed by atoms with van der Waals surface area (Å²) in [4.78, 5) is 13.7. The number of carbonyl (C=O) groups is 1. The Morgan fingerprint density at radius 1 is 1.48 bits per heavy atom. The quantitative estimate of drug-likeness (QED) is 0.673. The number of thiazole rings is 1. The fourth-order valence-electron chi connectivity index (χ4n) is 2.35. The lowest BCUT2D eigenvalue weighted by atomic mass is 9.99. The highest BCUT2D eigenvalue weighted by Gasteiger charge is 2.09. The number of hydrogen-bond acceptors (Lipinski definition) is 4. The molecule has 1 unspecified atom stereocenters. The first-order chi connectivity index (χ1) is 12.0. The molecule has 1 aromatic rings. The van der Waals surface area contributed by atoms with Crippen LogP contribution in [0.25, 0.3) is 6.08 Å². The number of hydrogen-bond donors (Lipinski definition) is 1. The Morgan fingerprint density at radius 3 is 2.84 bits per heavy atom. The molecule has 0 saturated heterocycles. The number of rotatable bonds is 6. The second kappa shape index (κ2) is 11.4. The molecule has 0 fully saturated rings. The Bertz CT molecular complexity index is 664. The van der Waals surface area contributed by atoms with Crippen molar-refractivity contribution in [3.63, 3.8) is 0 Å². The topological polar surface area (TPSA) is 59.4 Å². The van der Waals surface area contributed by atoms with E-state index in [1.54, 1.807) is 18.4 Å². The maximum absolute atomic E-state index is 9.00. The normalized spacial score (nSPS) is 16.3. The molecule has 5 heteroatoms. The van der Waals surface area contributed by atoms with Crippen LogP contribution in [0.5, 0.6) is 0 Å². The summed E-state index contributed by atoms with van der Waals surface area (Å²) in [5.74, 6) is -0.275.